The zero-order valence-corrected chi connectivity index (χ0v) is 13.6. The number of anilines is 2. The number of carboxylic acids is 1. The van der Waals surface area contributed by atoms with E-state index in [1.54, 1.807) is 0 Å². The van der Waals surface area contributed by atoms with Gasteiger partial charge < -0.3 is 10.0 Å². The smallest absolute Gasteiger partial charge is 0.347 e. The van der Waals surface area contributed by atoms with Gasteiger partial charge in [-0.25, -0.2) is 9.78 Å². The molecule has 0 bridgehead atoms. The summed E-state index contributed by atoms with van der Waals surface area (Å²) in [6.07, 6.45) is 0. The molecular formula is C16H20N2O2S. The van der Waals surface area contributed by atoms with Crippen molar-refractivity contribution in [1.82, 2.24) is 4.98 Å². The van der Waals surface area contributed by atoms with E-state index in [4.69, 9.17) is 0 Å². The second-order valence-electron chi connectivity index (χ2n) is 5.25. The van der Waals surface area contributed by atoms with Crippen LogP contribution in [0.3, 0.4) is 0 Å². The lowest BCUT2D eigenvalue weighted by Crippen LogP contribution is -2.15. The van der Waals surface area contributed by atoms with Crippen LogP contribution in [0, 0.1) is 6.92 Å². The zero-order chi connectivity index (χ0) is 15.6. The maximum atomic E-state index is 11.4. The Hall–Kier alpha value is -1.88. The third-order valence-corrected chi connectivity index (χ3v) is 4.36. The van der Waals surface area contributed by atoms with E-state index < -0.39 is 5.97 Å². The normalized spacial score (nSPS) is 10.9. The Morgan fingerprint density at radius 2 is 1.95 bits per heavy atom. The molecule has 0 aliphatic heterocycles. The lowest BCUT2D eigenvalue weighted by Gasteiger charge is -2.20. The maximum Gasteiger partial charge on any atom is 0.347 e. The number of carbonyl (C=O) groups is 1. The molecule has 4 nitrogen and oxygen atoms in total. The van der Waals surface area contributed by atoms with Crippen LogP contribution in [-0.2, 0) is 0 Å². The summed E-state index contributed by atoms with van der Waals surface area (Å²) in [5, 5.41) is 10.1. The van der Waals surface area contributed by atoms with Crippen LogP contribution < -0.4 is 4.90 Å². The predicted molar refractivity (Wildman–Crippen MR) is 87.0 cm³/mol. The number of carboxylic acid groups (broad SMARTS) is 1. The molecule has 112 valence electrons. The van der Waals surface area contributed by atoms with Crippen molar-refractivity contribution in [1.29, 1.82) is 0 Å². The molecule has 0 unspecified atom stereocenters. The number of aromatic carboxylic acids is 1. The first kappa shape index (κ1) is 15.5. The van der Waals surface area contributed by atoms with Crippen molar-refractivity contribution in [2.45, 2.75) is 33.6 Å². The Morgan fingerprint density at radius 1 is 1.33 bits per heavy atom. The lowest BCUT2D eigenvalue weighted by molar-refractivity contribution is 0.0700. The van der Waals surface area contributed by atoms with Gasteiger partial charge in [-0.15, -0.1) is 0 Å². The molecule has 1 aromatic heterocycles. The Labute approximate surface area is 129 Å². The van der Waals surface area contributed by atoms with Crippen molar-refractivity contribution in [2.24, 2.45) is 0 Å². The molecule has 0 spiro atoms. The van der Waals surface area contributed by atoms with Gasteiger partial charge in [0.25, 0.3) is 0 Å². The second kappa shape index (κ2) is 6.26. The Balaban J connectivity index is 2.45. The van der Waals surface area contributed by atoms with Gasteiger partial charge in [-0.1, -0.05) is 42.9 Å². The first-order valence-corrected chi connectivity index (χ1v) is 7.83. The van der Waals surface area contributed by atoms with Gasteiger partial charge in [0.05, 0.1) is 5.69 Å². The van der Waals surface area contributed by atoms with E-state index in [0.29, 0.717) is 10.6 Å². The molecule has 1 heterocycles. The van der Waals surface area contributed by atoms with Crippen molar-refractivity contribution in [3.63, 3.8) is 0 Å². The molecule has 0 aliphatic rings. The second-order valence-corrected chi connectivity index (χ2v) is 6.23. The van der Waals surface area contributed by atoms with Crippen LogP contribution in [0.4, 0.5) is 10.8 Å². The minimum absolute atomic E-state index is 0.0952. The first-order chi connectivity index (χ1) is 9.93. The molecule has 1 aromatic carbocycles. The van der Waals surface area contributed by atoms with Crippen LogP contribution in [0.2, 0.25) is 0 Å². The van der Waals surface area contributed by atoms with Crippen molar-refractivity contribution in [3.05, 3.63) is 40.4 Å². The molecule has 2 rings (SSSR count). The number of thiazole rings is 1. The first-order valence-electron chi connectivity index (χ1n) is 7.02. The average molecular weight is 304 g/mol. The van der Waals surface area contributed by atoms with Gasteiger partial charge in [0.2, 0.25) is 0 Å². The van der Waals surface area contributed by atoms with Crippen LogP contribution in [0.5, 0.6) is 0 Å². The summed E-state index contributed by atoms with van der Waals surface area (Å²) in [4.78, 5) is 18.3. The standard InChI is InChI=1S/C16H20N2O2S/c1-5-18(12-8-6-11(4)7-9-12)16-17-13(10(2)3)14(21-16)15(19)20/h6-10H,5H2,1-4H3,(H,19,20). The van der Waals surface area contributed by atoms with Crippen LogP contribution in [0.1, 0.15) is 47.6 Å². The third kappa shape index (κ3) is 3.24. The molecule has 0 atom stereocenters. The Kier molecular flexibility index (Phi) is 4.63. The molecule has 0 aliphatic carbocycles. The fourth-order valence-electron chi connectivity index (χ4n) is 2.13. The number of hydrogen-bond acceptors (Lipinski definition) is 4. The molecule has 0 saturated carbocycles. The van der Waals surface area contributed by atoms with Crippen LogP contribution in [0.15, 0.2) is 24.3 Å². The number of nitrogens with zero attached hydrogens (tertiary/aromatic N) is 2. The highest BCUT2D eigenvalue weighted by Crippen LogP contribution is 2.34. The molecule has 0 saturated heterocycles. The molecule has 2 aromatic rings. The highest BCUT2D eigenvalue weighted by atomic mass is 32.1. The summed E-state index contributed by atoms with van der Waals surface area (Å²) in [6.45, 7) is 8.76. The van der Waals surface area contributed by atoms with Crippen molar-refractivity contribution in [3.8, 4) is 0 Å². The molecule has 1 N–H and O–H groups in total. The molecular weight excluding hydrogens is 284 g/mol. The number of benzene rings is 1. The highest BCUT2D eigenvalue weighted by molar-refractivity contribution is 7.17. The largest absolute Gasteiger partial charge is 0.477 e. The van der Waals surface area contributed by atoms with Gasteiger partial charge in [0.15, 0.2) is 5.13 Å². The van der Waals surface area contributed by atoms with Crippen LogP contribution in [-0.4, -0.2) is 22.6 Å². The predicted octanol–water partition coefficient (Wildman–Crippen LogP) is 4.43. The molecule has 5 heteroatoms. The van der Waals surface area contributed by atoms with Crippen molar-refractivity contribution < 1.29 is 9.90 Å². The fraction of sp³-hybridized carbons (Fsp3) is 0.375. The van der Waals surface area contributed by atoms with Gasteiger partial charge in [-0.3, -0.25) is 0 Å². The number of hydrogen-bond donors (Lipinski definition) is 1. The summed E-state index contributed by atoms with van der Waals surface area (Å²) in [7, 11) is 0. The monoisotopic (exact) mass is 304 g/mol. The van der Waals surface area contributed by atoms with E-state index >= 15 is 0 Å². The quantitative estimate of drug-likeness (QED) is 0.887. The molecule has 0 fully saturated rings. The minimum atomic E-state index is -0.901. The summed E-state index contributed by atoms with van der Waals surface area (Å²) in [6, 6.07) is 8.17. The summed E-state index contributed by atoms with van der Waals surface area (Å²) in [5.41, 5.74) is 2.89. The average Bonchev–Trinajstić information content (AvgIpc) is 2.87. The molecule has 0 amide bonds. The third-order valence-electron chi connectivity index (χ3n) is 3.28. The van der Waals surface area contributed by atoms with E-state index in [0.717, 1.165) is 17.4 Å². The van der Waals surface area contributed by atoms with E-state index in [2.05, 4.69) is 4.98 Å². The minimum Gasteiger partial charge on any atom is -0.477 e. The van der Waals surface area contributed by atoms with Gasteiger partial charge in [-0.05, 0) is 31.9 Å². The van der Waals surface area contributed by atoms with Crippen LogP contribution in [0.25, 0.3) is 0 Å². The fourth-order valence-corrected chi connectivity index (χ4v) is 3.28. The van der Waals surface area contributed by atoms with E-state index in [1.165, 1.54) is 16.9 Å². The Bertz CT molecular complexity index is 632. The van der Waals surface area contributed by atoms with Gasteiger partial charge >= 0.3 is 5.97 Å². The maximum absolute atomic E-state index is 11.4. The number of aromatic nitrogens is 1. The lowest BCUT2D eigenvalue weighted by atomic mass is 10.1. The topological polar surface area (TPSA) is 53.4 Å². The highest BCUT2D eigenvalue weighted by Gasteiger charge is 2.22. The molecule has 0 radical (unpaired) electrons. The zero-order valence-electron chi connectivity index (χ0n) is 12.8. The summed E-state index contributed by atoms with van der Waals surface area (Å²) in [5.74, 6) is -0.805. The van der Waals surface area contributed by atoms with Gasteiger partial charge in [-0.2, -0.15) is 0 Å². The van der Waals surface area contributed by atoms with Crippen molar-refractivity contribution >= 4 is 28.1 Å². The van der Waals surface area contributed by atoms with E-state index in [9.17, 15) is 9.90 Å². The number of aryl methyl sites for hydroxylation is 1. The number of rotatable bonds is 5. The summed E-state index contributed by atoms with van der Waals surface area (Å²) >= 11 is 1.24. The van der Waals surface area contributed by atoms with Crippen molar-refractivity contribution in [2.75, 3.05) is 11.4 Å². The molecule has 21 heavy (non-hydrogen) atoms. The van der Waals surface area contributed by atoms with Crippen LogP contribution >= 0.6 is 11.3 Å². The Morgan fingerprint density at radius 3 is 2.38 bits per heavy atom. The SMILES string of the molecule is CCN(c1ccc(C)cc1)c1nc(C(C)C)c(C(=O)O)s1. The van der Waals surface area contributed by atoms with E-state index in [1.807, 2.05) is 56.9 Å². The summed E-state index contributed by atoms with van der Waals surface area (Å²) < 4.78 is 0. The van der Waals surface area contributed by atoms with E-state index in [-0.39, 0.29) is 5.92 Å². The van der Waals surface area contributed by atoms with Gasteiger partial charge in [0.1, 0.15) is 4.88 Å². The van der Waals surface area contributed by atoms with Gasteiger partial charge in [0, 0.05) is 12.2 Å².